The van der Waals surface area contributed by atoms with Gasteiger partial charge in [-0.25, -0.2) is 0 Å². The Kier molecular flexibility index (Phi) is 8.01. The molecule has 3 rings (SSSR count). The molecule has 0 saturated heterocycles. The van der Waals surface area contributed by atoms with E-state index >= 15 is 0 Å². The lowest BCUT2D eigenvalue weighted by Gasteiger charge is -2.13. The van der Waals surface area contributed by atoms with Gasteiger partial charge in [0.1, 0.15) is 6.04 Å². The highest BCUT2D eigenvalue weighted by Gasteiger charge is 2.26. The van der Waals surface area contributed by atoms with Crippen LogP contribution in [0.1, 0.15) is 47.7 Å². The Morgan fingerprint density at radius 1 is 1.16 bits per heavy atom. The first-order valence-corrected chi connectivity index (χ1v) is 11.1. The predicted octanol–water partition coefficient (Wildman–Crippen LogP) is 4.70. The zero-order valence-electron chi connectivity index (χ0n) is 18.6. The smallest absolute Gasteiger partial charge is 0.247 e. The van der Waals surface area contributed by atoms with Crippen molar-refractivity contribution >= 4 is 23.1 Å². The van der Waals surface area contributed by atoms with Crippen LogP contribution in [0.15, 0.2) is 55.1 Å². The Hall–Kier alpha value is -2.92. The molecule has 31 heavy (non-hydrogen) atoms. The number of Topliss-reactive ketones (excluding diaryl/α,β-unsaturated/α-hetero) is 1. The molecule has 164 valence electrons. The van der Waals surface area contributed by atoms with Crippen LogP contribution in [0, 0.1) is 0 Å². The summed E-state index contributed by atoms with van der Waals surface area (Å²) in [6, 6.07) is 13.2. The van der Waals surface area contributed by atoms with Gasteiger partial charge in [-0.3, -0.25) is 9.59 Å². The summed E-state index contributed by atoms with van der Waals surface area (Å²) >= 11 is 0. The van der Waals surface area contributed by atoms with E-state index in [1.807, 2.05) is 6.08 Å². The van der Waals surface area contributed by atoms with Crippen molar-refractivity contribution in [3.8, 4) is 0 Å². The molecule has 0 aromatic heterocycles. The number of likely N-dealkylation sites (N-methyl/N-ethyl adjacent to an activating group) is 1. The summed E-state index contributed by atoms with van der Waals surface area (Å²) in [4.78, 5) is 26.4. The lowest BCUT2D eigenvalue weighted by atomic mass is 10.0. The summed E-state index contributed by atoms with van der Waals surface area (Å²) in [5.41, 5.74) is 4.92. The Balaban J connectivity index is 1.46. The minimum Gasteiger partial charge on any atom is -0.373 e. The minimum absolute atomic E-state index is 0.0154. The fourth-order valence-corrected chi connectivity index (χ4v) is 3.95. The quantitative estimate of drug-likeness (QED) is 0.315. The number of aryl methyl sites for hydroxylation is 1. The molecule has 1 aliphatic rings. The highest BCUT2D eigenvalue weighted by molar-refractivity contribution is 5.99. The number of nitrogens with zero attached hydrogens (tertiary/aromatic N) is 1. The average Bonchev–Trinajstić information content (AvgIpc) is 3.18. The number of hydrogen-bond acceptors (Lipinski definition) is 4. The van der Waals surface area contributed by atoms with Crippen molar-refractivity contribution in [2.24, 2.45) is 0 Å². The van der Waals surface area contributed by atoms with Crippen LogP contribution in [-0.2, 0) is 17.6 Å². The number of hydrogen-bond donors (Lipinski definition) is 2. The van der Waals surface area contributed by atoms with Gasteiger partial charge in [0.15, 0.2) is 5.78 Å². The normalized spacial score (nSPS) is 14.7. The van der Waals surface area contributed by atoms with E-state index in [4.69, 9.17) is 0 Å². The lowest BCUT2D eigenvalue weighted by molar-refractivity contribution is -0.116. The molecule has 0 saturated carbocycles. The Morgan fingerprint density at radius 2 is 1.94 bits per heavy atom. The van der Waals surface area contributed by atoms with Crippen molar-refractivity contribution in [2.45, 2.75) is 45.1 Å². The summed E-state index contributed by atoms with van der Waals surface area (Å²) in [6.45, 7) is 7.35. The summed E-state index contributed by atoms with van der Waals surface area (Å²) in [5.74, 6) is -0.0430. The van der Waals surface area contributed by atoms with Crippen molar-refractivity contribution in [1.29, 1.82) is 0 Å². The maximum Gasteiger partial charge on any atom is 0.247 e. The van der Waals surface area contributed by atoms with Crippen molar-refractivity contribution in [2.75, 3.05) is 30.8 Å². The van der Waals surface area contributed by atoms with Crippen LogP contribution in [0.25, 0.3) is 0 Å². The van der Waals surface area contributed by atoms with Gasteiger partial charge in [-0.2, -0.15) is 0 Å². The van der Waals surface area contributed by atoms with E-state index in [2.05, 4.69) is 47.4 Å². The molecule has 1 aliphatic heterocycles. The highest BCUT2D eigenvalue weighted by Crippen LogP contribution is 2.28. The van der Waals surface area contributed by atoms with Crippen LogP contribution >= 0.6 is 0 Å². The molecule has 0 radical (unpaired) electrons. The van der Waals surface area contributed by atoms with Crippen molar-refractivity contribution < 1.29 is 9.59 Å². The van der Waals surface area contributed by atoms with Gasteiger partial charge in [-0.1, -0.05) is 24.6 Å². The topological polar surface area (TPSA) is 61.4 Å². The molecule has 2 aromatic carbocycles. The summed E-state index contributed by atoms with van der Waals surface area (Å²) in [7, 11) is 2.13. The highest BCUT2D eigenvalue weighted by atomic mass is 16.2. The van der Waals surface area contributed by atoms with Gasteiger partial charge in [0.25, 0.3) is 0 Å². The third-order valence-corrected chi connectivity index (χ3v) is 5.74. The Morgan fingerprint density at radius 3 is 2.65 bits per heavy atom. The number of unbranched alkanes of at least 4 members (excludes halogenated alkanes) is 2. The van der Waals surface area contributed by atoms with Crippen molar-refractivity contribution in [1.82, 2.24) is 4.90 Å². The van der Waals surface area contributed by atoms with Crippen LogP contribution in [-0.4, -0.2) is 42.8 Å². The number of anilines is 2. The van der Waals surface area contributed by atoms with E-state index in [1.165, 1.54) is 37.3 Å². The van der Waals surface area contributed by atoms with Crippen molar-refractivity contribution in [3.05, 3.63) is 71.8 Å². The average molecular weight is 420 g/mol. The van der Waals surface area contributed by atoms with E-state index in [0.29, 0.717) is 17.7 Å². The zero-order chi connectivity index (χ0) is 22.2. The van der Waals surface area contributed by atoms with Crippen molar-refractivity contribution in [3.63, 3.8) is 0 Å². The molecule has 0 spiro atoms. The molecule has 0 bridgehead atoms. The number of benzene rings is 2. The van der Waals surface area contributed by atoms with Gasteiger partial charge >= 0.3 is 0 Å². The molecule has 1 atom stereocenters. The second-order valence-corrected chi connectivity index (χ2v) is 8.38. The molecule has 0 fully saturated rings. The van der Waals surface area contributed by atoms with Crippen LogP contribution < -0.4 is 10.6 Å². The van der Waals surface area contributed by atoms with Gasteiger partial charge in [-0.15, -0.1) is 6.58 Å². The van der Waals surface area contributed by atoms with Gasteiger partial charge in [0, 0.05) is 29.9 Å². The van der Waals surface area contributed by atoms with Crippen LogP contribution in [0.2, 0.25) is 0 Å². The summed E-state index contributed by atoms with van der Waals surface area (Å²) < 4.78 is 0. The first-order chi connectivity index (χ1) is 15.0. The maximum atomic E-state index is 12.7. The van der Waals surface area contributed by atoms with E-state index in [-0.39, 0.29) is 17.7 Å². The SMILES string of the molecule is C=CCN(C)CCCCCc1ccc2c(c1)CC(C(=O)Nc1ccc(C(C)=O)cc1)N2. The van der Waals surface area contributed by atoms with Gasteiger partial charge < -0.3 is 15.5 Å². The minimum atomic E-state index is -0.280. The third kappa shape index (κ3) is 6.53. The zero-order valence-corrected chi connectivity index (χ0v) is 18.6. The first kappa shape index (κ1) is 22.8. The van der Waals surface area contributed by atoms with Crippen LogP contribution in [0.3, 0.4) is 0 Å². The van der Waals surface area contributed by atoms with E-state index in [1.54, 1.807) is 24.3 Å². The number of ketones is 1. The molecular weight excluding hydrogens is 386 g/mol. The number of carbonyl (C=O) groups is 2. The molecular formula is C26H33N3O2. The number of nitrogens with one attached hydrogen (secondary N) is 2. The summed E-state index contributed by atoms with van der Waals surface area (Å²) in [6.07, 6.45) is 7.28. The molecule has 1 heterocycles. The number of fused-ring (bicyclic) bond motifs is 1. The molecule has 5 nitrogen and oxygen atoms in total. The number of carbonyl (C=O) groups excluding carboxylic acids is 2. The molecule has 2 N–H and O–H groups in total. The van der Waals surface area contributed by atoms with Gasteiger partial charge in [-0.05, 0) is 81.2 Å². The van der Waals surface area contributed by atoms with E-state index < -0.39 is 0 Å². The molecule has 0 aliphatic carbocycles. The molecule has 1 amide bonds. The third-order valence-electron chi connectivity index (χ3n) is 5.74. The lowest BCUT2D eigenvalue weighted by Crippen LogP contribution is -2.32. The largest absolute Gasteiger partial charge is 0.373 e. The molecule has 2 aromatic rings. The van der Waals surface area contributed by atoms with E-state index in [9.17, 15) is 9.59 Å². The Bertz CT molecular complexity index is 921. The van der Waals surface area contributed by atoms with Crippen LogP contribution in [0.4, 0.5) is 11.4 Å². The number of amides is 1. The molecule has 1 unspecified atom stereocenters. The second-order valence-electron chi connectivity index (χ2n) is 8.38. The Labute approximate surface area is 185 Å². The van der Waals surface area contributed by atoms with Gasteiger partial charge in [0.05, 0.1) is 0 Å². The van der Waals surface area contributed by atoms with Crippen LogP contribution in [0.5, 0.6) is 0 Å². The first-order valence-electron chi connectivity index (χ1n) is 11.1. The van der Waals surface area contributed by atoms with Gasteiger partial charge in [0.2, 0.25) is 5.91 Å². The molecule has 5 heteroatoms. The summed E-state index contributed by atoms with van der Waals surface area (Å²) in [5, 5.41) is 6.28. The monoisotopic (exact) mass is 419 g/mol. The standard InChI is InChI=1S/C26H33N3O2/c1-4-15-29(3)16-7-5-6-8-20-9-14-24-22(17-20)18-25(28-24)26(31)27-23-12-10-21(11-13-23)19(2)30/h4,9-14,17,25,28H,1,5-8,15-16,18H2,2-3H3,(H,27,31). The predicted molar refractivity (Wildman–Crippen MR) is 128 cm³/mol. The maximum absolute atomic E-state index is 12.7. The fourth-order valence-electron chi connectivity index (χ4n) is 3.95. The number of rotatable bonds is 11. The van der Waals surface area contributed by atoms with E-state index in [0.717, 1.165) is 25.2 Å². The fraction of sp³-hybridized carbons (Fsp3) is 0.385. The second kappa shape index (κ2) is 10.9.